The van der Waals surface area contributed by atoms with Crippen LogP contribution in [0.2, 0.25) is 0 Å². The largest absolute Gasteiger partial charge is 0.480 e. The Bertz CT molecular complexity index is 231. The summed E-state index contributed by atoms with van der Waals surface area (Å²) in [4.78, 5) is 13.6. The van der Waals surface area contributed by atoms with Gasteiger partial charge in [-0.15, -0.1) is 0 Å². The molecule has 0 aliphatic rings. The molecule has 102 valence electrons. The molecule has 0 aromatic carbocycles. The van der Waals surface area contributed by atoms with Gasteiger partial charge in [-0.3, -0.25) is 4.79 Å². The van der Waals surface area contributed by atoms with Crippen molar-refractivity contribution < 1.29 is 9.90 Å². The molecule has 0 aromatic rings. The molecule has 4 heteroatoms. The van der Waals surface area contributed by atoms with Crippen molar-refractivity contribution in [3.05, 3.63) is 0 Å². The minimum atomic E-state index is -0.810. The lowest BCUT2D eigenvalue weighted by Gasteiger charge is -2.31. The molecular formula is C13H28N2O2. The van der Waals surface area contributed by atoms with Crippen molar-refractivity contribution in [3.63, 3.8) is 0 Å². The lowest BCUT2D eigenvalue weighted by Crippen LogP contribution is -2.51. The topological polar surface area (TPSA) is 52.6 Å². The molecule has 0 bridgehead atoms. The molecule has 0 heterocycles. The van der Waals surface area contributed by atoms with Crippen LogP contribution in [0.25, 0.3) is 0 Å². The standard InChI is InChI=1S/C13H28N2O2/c1-6-9-15(11(3)4)10-8-13(5,12(16)17)14-7-2/h11,14H,6-10H2,1-5H3,(H,16,17). The minimum absolute atomic E-state index is 0.467. The fourth-order valence-electron chi connectivity index (χ4n) is 1.94. The average molecular weight is 244 g/mol. The van der Waals surface area contributed by atoms with Crippen LogP contribution >= 0.6 is 0 Å². The molecule has 0 aliphatic carbocycles. The van der Waals surface area contributed by atoms with E-state index in [1.54, 1.807) is 6.92 Å². The molecule has 4 nitrogen and oxygen atoms in total. The summed E-state index contributed by atoms with van der Waals surface area (Å²) >= 11 is 0. The van der Waals surface area contributed by atoms with Crippen LogP contribution in [0.3, 0.4) is 0 Å². The average Bonchev–Trinajstić information content (AvgIpc) is 2.23. The number of nitrogens with zero attached hydrogens (tertiary/aromatic N) is 1. The molecule has 0 rings (SSSR count). The zero-order valence-corrected chi connectivity index (χ0v) is 11.9. The van der Waals surface area contributed by atoms with Crippen LogP contribution in [0.4, 0.5) is 0 Å². The number of rotatable bonds is 9. The zero-order chi connectivity index (χ0) is 13.5. The highest BCUT2D eigenvalue weighted by atomic mass is 16.4. The Hall–Kier alpha value is -0.610. The van der Waals surface area contributed by atoms with Crippen LogP contribution in [0.1, 0.15) is 47.5 Å². The van der Waals surface area contributed by atoms with Gasteiger partial charge in [-0.05, 0) is 46.7 Å². The molecule has 2 N–H and O–H groups in total. The van der Waals surface area contributed by atoms with Crippen molar-refractivity contribution in [2.75, 3.05) is 19.6 Å². The number of carbonyl (C=O) groups is 1. The van der Waals surface area contributed by atoms with E-state index in [4.69, 9.17) is 0 Å². The summed E-state index contributed by atoms with van der Waals surface area (Å²) in [7, 11) is 0. The molecule has 0 radical (unpaired) electrons. The van der Waals surface area contributed by atoms with Gasteiger partial charge in [0.2, 0.25) is 0 Å². The van der Waals surface area contributed by atoms with E-state index in [0.717, 1.165) is 19.5 Å². The highest BCUT2D eigenvalue weighted by molar-refractivity contribution is 5.78. The minimum Gasteiger partial charge on any atom is -0.480 e. The molecule has 0 spiro atoms. The maximum atomic E-state index is 11.3. The summed E-state index contributed by atoms with van der Waals surface area (Å²) < 4.78 is 0. The molecule has 0 fully saturated rings. The second-order valence-corrected chi connectivity index (χ2v) is 5.05. The number of aliphatic carboxylic acids is 1. The molecular weight excluding hydrogens is 216 g/mol. The van der Waals surface area contributed by atoms with Crippen LogP contribution in [-0.2, 0) is 4.79 Å². The number of hydrogen-bond acceptors (Lipinski definition) is 3. The molecule has 0 aliphatic heterocycles. The van der Waals surface area contributed by atoms with E-state index in [9.17, 15) is 9.90 Å². The molecule has 1 atom stereocenters. The predicted octanol–water partition coefficient (Wildman–Crippen LogP) is 1.95. The number of carboxylic acids is 1. The van der Waals surface area contributed by atoms with Gasteiger partial charge in [-0.2, -0.15) is 0 Å². The fourth-order valence-corrected chi connectivity index (χ4v) is 1.94. The highest BCUT2D eigenvalue weighted by Crippen LogP contribution is 2.12. The van der Waals surface area contributed by atoms with E-state index in [-0.39, 0.29) is 0 Å². The number of carboxylic acid groups (broad SMARTS) is 1. The van der Waals surface area contributed by atoms with E-state index in [1.165, 1.54) is 0 Å². The van der Waals surface area contributed by atoms with E-state index in [0.29, 0.717) is 19.0 Å². The summed E-state index contributed by atoms with van der Waals surface area (Å²) in [6.45, 7) is 12.7. The Balaban J connectivity index is 4.41. The van der Waals surface area contributed by atoms with Crippen LogP contribution < -0.4 is 5.32 Å². The zero-order valence-electron chi connectivity index (χ0n) is 11.9. The molecule has 0 saturated carbocycles. The van der Waals surface area contributed by atoms with Gasteiger partial charge in [0.05, 0.1) is 0 Å². The van der Waals surface area contributed by atoms with Crippen molar-refractivity contribution in [3.8, 4) is 0 Å². The van der Waals surface area contributed by atoms with E-state index in [1.807, 2.05) is 6.92 Å². The van der Waals surface area contributed by atoms with Gasteiger partial charge in [-0.1, -0.05) is 13.8 Å². The fraction of sp³-hybridized carbons (Fsp3) is 0.923. The van der Waals surface area contributed by atoms with Crippen molar-refractivity contribution in [2.24, 2.45) is 0 Å². The predicted molar refractivity (Wildman–Crippen MR) is 71.3 cm³/mol. The van der Waals surface area contributed by atoms with E-state index >= 15 is 0 Å². The summed E-state index contributed by atoms with van der Waals surface area (Å²) in [5, 5.41) is 12.3. The second kappa shape index (κ2) is 7.67. The third-order valence-electron chi connectivity index (χ3n) is 3.18. The Kier molecular flexibility index (Phi) is 7.39. The van der Waals surface area contributed by atoms with Gasteiger partial charge in [0.1, 0.15) is 5.54 Å². The molecule has 0 saturated heterocycles. The number of hydrogen-bond donors (Lipinski definition) is 2. The van der Waals surface area contributed by atoms with Crippen molar-refractivity contribution >= 4 is 5.97 Å². The smallest absolute Gasteiger partial charge is 0.323 e. The van der Waals surface area contributed by atoms with Gasteiger partial charge in [0.15, 0.2) is 0 Å². The second-order valence-electron chi connectivity index (χ2n) is 5.05. The molecule has 17 heavy (non-hydrogen) atoms. The normalized spacial score (nSPS) is 15.2. The van der Waals surface area contributed by atoms with Gasteiger partial charge in [0, 0.05) is 12.6 Å². The molecule has 0 amide bonds. The Morgan fingerprint density at radius 2 is 1.94 bits per heavy atom. The first-order valence-electron chi connectivity index (χ1n) is 6.59. The van der Waals surface area contributed by atoms with Crippen LogP contribution in [0, 0.1) is 0 Å². The Morgan fingerprint density at radius 3 is 2.29 bits per heavy atom. The maximum Gasteiger partial charge on any atom is 0.323 e. The van der Waals surface area contributed by atoms with Crippen molar-refractivity contribution in [2.45, 2.75) is 59.0 Å². The maximum absolute atomic E-state index is 11.3. The monoisotopic (exact) mass is 244 g/mol. The first-order valence-corrected chi connectivity index (χ1v) is 6.59. The van der Waals surface area contributed by atoms with Gasteiger partial charge in [0.25, 0.3) is 0 Å². The lowest BCUT2D eigenvalue weighted by molar-refractivity contribution is -0.144. The van der Waals surface area contributed by atoms with Gasteiger partial charge >= 0.3 is 5.97 Å². The first kappa shape index (κ1) is 16.4. The quantitative estimate of drug-likeness (QED) is 0.651. The van der Waals surface area contributed by atoms with Crippen molar-refractivity contribution in [1.82, 2.24) is 10.2 Å². The van der Waals surface area contributed by atoms with Gasteiger partial charge < -0.3 is 15.3 Å². The van der Waals surface area contributed by atoms with E-state index in [2.05, 4.69) is 31.0 Å². The van der Waals surface area contributed by atoms with Crippen molar-refractivity contribution in [1.29, 1.82) is 0 Å². The summed E-state index contributed by atoms with van der Waals surface area (Å²) in [6.07, 6.45) is 1.73. The third kappa shape index (κ3) is 5.50. The van der Waals surface area contributed by atoms with E-state index < -0.39 is 11.5 Å². The Morgan fingerprint density at radius 1 is 1.35 bits per heavy atom. The number of nitrogens with one attached hydrogen (secondary N) is 1. The van der Waals surface area contributed by atoms with Gasteiger partial charge in [-0.25, -0.2) is 0 Å². The highest BCUT2D eigenvalue weighted by Gasteiger charge is 2.32. The third-order valence-corrected chi connectivity index (χ3v) is 3.18. The molecule has 0 aromatic heterocycles. The SMILES string of the molecule is CCCN(CCC(C)(NCC)C(=O)O)C(C)C. The first-order chi connectivity index (χ1) is 7.87. The summed E-state index contributed by atoms with van der Waals surface area (Å²) in [6, 6.07) is 0.467. The lowest BCUT2D eigenvalue weighted by atomic mass is 9.97. The van der Waals surface area contributed by atoms with Crippen LogP contribution in [-0.4, -0.2) is 47.2 Å². The van der Waals surface area contributed by atoms with Crippen LogP contribution in [0.15, 0.2) is 0 Å². The summed E-state index contributed by atoms with van der Waals surface area (Å²) in [5.41, 5.74) is -0.810. The van der Waals surface area contributed by atoms with Crippen LogP contribution in [0.5, 0.6) is 0 Å². The number of likely N-dealkylation sites (N-methyl/N-ethyl adjacent to an activating group) is 1. The Labute approximate surface area is 105 Å². The molecule has 1 unspecified atom stereocenters. The summed E-state index contributed by atoms with van der Waals surface area (Å²) in [5.74, 6) is -0.764.